The molecule has 1 aromatic heterocycles. The number of hydrogen-bond donors (Lipinski definition) is 1. The summed E-state index contributed by atoms with van der Waals surface area (Å²) in [6.45, 7) is 0.259. The van der Waals surface area contributed by atoms with Crippen molar-refractivity contribution in [3.05, 3.63) is 50.4 Å². The summed E-state index contributed by atoms with van der Waals surface area (Å²) in [6.07, 6.45) is 0. The van der Waals surface area contributed by atoms with Crippen molar-refractivity contribution < 1.29 is 4.74 Å². The Hall–Kier alpha value is -1.36. The third kappa shape index (κ3) is 2.90. The lowest BCUT2D eigenvalue weighted by Gasteiger charge is -2.06. The predicted molar refractivity (Wildman–Crippen MR) is 71.0 cm³/mol. The van der Waals surface area contributed by atoms with Gasteiger partial charge in [-0.1, -0.05) is 23.2 Å². The van der Waals surface area contributed by atoms with Gasteiger partial charge >= 0.3 is 0 Å². The molecule has 0 amide bonds. The lowest BCUT2D eigenvalue weighted by molar-refractivity contribution is 0.181. The highest BCUT2D eigenvalue weighted by Crippen LogP contribution is 2.27. The molecule has 1 N–H and O–H groups in total. The summed E-state index contributed by atoms with van der Waals surface area (Å²) in [7, 11) is 1.54. The SMILES string of the molecule is COCc1cc(=O)[nH]c(-c2cc(Cl)ccc2Cl)n1. The van der Waals surface area contributed by atoms with Crippen molar-refractivity contribution in [2.24, 2.45) is 0 Å². The van der Waals surface area contributed by atoms with Crippen LogP contribution in [0.25, 0.3) is 11.4 Å². The maximum Gasteiger partial charge on any atom is 0.251 e. The maximum atomic E-state index is 11.5. The quantitative estimate of drug-likeness (QED) is 0.943. The Labute approximate surface area is 114 Å². The minimum atomic E-state index is -0.261. The van der Waals surface area contributed by atoms with Crippen LogP contribution in [-0.4, -0.2) is 17.1 Å². The number of hydrogen-bond acceptors (Lipinski definition) is 3. The van der Waals surface area contributed by atoms with Gasteiger partial charge < -0.3 is 9.72 Å². The number of aromatic amines is 1. The molecule has 6 heteroatoms. The number of nitrogens with zero attached hydrogens (tertiary/aromatic N) is 1. The van der Waals surface area contributed by atoms with Crippen molar-refractivity contribution in [1.82, 2.24) is 9.97 Å². The molecular formula is C12H10Cl2N2O2. The Bertz CT molecular complexity index is 626. The largest absolute Gasteiger partial charge is 0.378 e. The smallest absolute Gasteiger partial charge is 0.251 e. The molecule has 0 saturated heterocycles. The Balaban J connectivity index is 2.56. The van der Waals surface area contributed by atoms with E-state index in [1.54, 1.807) is 18.2 Å². The standard InChI is InChI=1S/C12H10Cl2N2O2/c1-18-6-8-5-11(17)16-12(15-8)9-4-7(13)2-3-10(9)14/h2-5H,6H2,1H3,(H,15,16,17). The van der Waals surface area contributed by atoms with Gasteiger partial charge in [0.25, 0.3) is 5.56 Å². The van der Waals surface area contributed by atoms with E-state index in [2.05, 4.69) is 9.97 Å². The first kappa shape index (κ1) is 13.1. The fraction of sp³-hybridized carbons (Fsp3) is 0.167. The number of aromatic nitrogens is 2. The van der Waals surface area contributed by atoms with Gasteiger partial charge in [0.1, 0.15) is 5.82 Å². The summed E-state index contributed by atoms with van der Waals surface area (Å²) in [6, 6.07) is 6.36. The second-order valence-corrected chi connectivity index (χ2v) is 4.49. The summed E-state index contributed by atoms with van der Waals surface area (Å²) in [5, 5.41) is 0.992. The third-order valence-corrected chi connectivity index (χ3v) is 2.84. The van der Waals surface area contributed by atoms with Crippen molar-refractivity contribution in [3.63, 3.8) is 0 Å². The van der Waals surface area contributed by atoms with Crippen LogP contribution in [0.1, 0.15) is 5.69 Å². The van der Waals surface area contributed by atoms with Crippen LogP contribution in [0.4, 0.5) is 0 Å². The number of rotatable bonds is 3. The molecule has 0 spiro atoms. The van der Waals surface area contributed by atoms with Crippen LogP contribution >= 0.6 is 23.2 Å². The first-order valence-electron chi connectivity index (χ1n) is 5.15. The average Bonchev–Trinajstić information content (AvgIpc) is 2.32. The van der Waals surface area contributed by atoms with Gasteiger partial charge in [-0.2, -0.15) is 0 Å². The van der Waals surface area contributed by atoms with E-state index in [-0.39, 0.29) is 12.2 Å². The van der Waals surface area contributed by atoms with E-state index in [9.17, 15) is 4.79 Å². The molecule has 18 heavy (non-hydrogen) atoms. The highest BCUT2D eigenvalue weighted by Gasteiger charge is 2.08. The number of H-pyrrole nitrogens is 1. The zero-order chi connectivity index (χ0) is 13.1. The van der Waals surface area contributed by atoms with Gasteiger partial charge in [-0.05, 0) is 18.2 Å². The van der Waals surface area contributed by atoms with Gasteiger partial charge in [0, 0.05) is 23.8 Å². The molecule has 0 atom stereocenters. The van der Waals surface area contributed by atoms with Crippen molar-refractivity contribution >= 4 is 23.2 Å². The molecule has 0 saturated carbocycles. The van der Waals surface area contributed by atoms with Gasteiger partial charge in [0.15, 0.2) is 0 Å². The number of methoxy groups -OCH3 is 1. The fourth-order valence-corrected chi connectivity index (χ4v) is 1.92. The van der Waals surface area contributed by atoms with E-state index >= 15 is 0 Å². The molecule has 1 heterocycles. The van der Waals surface area contributed by atoms with Crippen molar-refractivity contribution in [2.45, 2.75) is 6.61 Å². The zero-order valence-corrected chi connectivity index (χ0v) is 11.0. The van der Waals surface area contributed by atoms with Crippen LogP contribution in [0.2, 0.25) is 10.0 Å². The number of ether oxygens (including phenoxy) is 1. The van der Waals surface area contributed by atoms with Crippen molar-refractivity contribution in [1.29, 1.82) is 0 Å². The fourth-order valence-electron chi connectivity index (χ4n) is 1.54. The van der Waals surface area contributed by atoms with Gasteiger partial charge in [0.2, 0.25) is 0 Å². The summed E-state index contributed by atoms with van der Waals surface area (Å²) in [5.41, 5.74) is 0.856. The van der Waals surface area contributed by atoms with Crippen LogP contribution in [0.3, 0.4) is 0 Å². The third-order valence-electron chi connectivity index (χ3n) is 2.27. The lowest BCUT2D eigenvalue weighted by Crippen LogP contribution is -2.11. The molecule has 4 nitrogen and oxygen atoms in total. The molecule has 2 aromatic rings. The molecule has 0 aliphatic heterocycles. The van der Waals surface area contributed by atoms with Crippen molar-refractivity contribution in [2.75, 3.05) is 7.11 Å². The minimum Gasteiger partial charge on any atom is -0.378 e. The van der Waals surface area contributed by atoms with Gasteiger partial charge in [-0.15, -0.1) is 0 Å². The Morgan fingerprint density at radius 2 is 2.11 bits per heavy atom. The second kappa shape index (κ2) is 5.52. The normalized spacial score (nSPS) is 10.6. The molecule has 0 bridgehead atoms. The molecule has 2 rings (SSSR count). The van der Waals surface area contributed by atoms with Gasteiger partial charge in [-0.25, -0.2) is 4.98 Å². The maximum absolute atomic E-state index is 11.5. The van der Waals surface area contributed by atoms with Crippen LogP contribution in [0.5, 0.6) is 0 Å². The molecule has 1 aromatic carbocycles. The average molecular weight is 285 g/mol. The van der Waals surface area contributed by atoms with E-state index in [4.69, 9.17) is 27.9 Å². The second-order valence-electron chi connectivity index (χ2n) is 3.64. The number of benzene rings is 1. The van der Waals surface area contributed by atoms with Crippen LogP contribution in [0.15, 0.2) is 29.1 Å². The van der Waals surface area contributed by atoms with Crippen LogP contribution in [0, 0.1) is 0 Å². The molecule has 0 radical (unpaired) electrons. The highest BCUT2D eigenvalue weighted by molar-refractivity contribution is 6.35. The lowest BCUT2D eigenvalue weighted by atomic mass is 10.2. The van der Waals surface area contributed by atoms with Crippen LogP contribution in [-0.2, 0) is 11.3 Å². The Morgan fingerprint density at radius 1 is 1.33 bits per heavy atom. The topological polar surface area (TPSA) is 55.0 Å². The predicted octanol–water partition coefficient (Wildman–Crippen LogP) is 2.89. The zero-order valence-electron chi connectivity index (χ0n) is 9.54. The molecule has 0 aliphatic carbocycles. The molecule has 94 valence electrons. The Kier molecular flexibility index (Phi) is 4.01. The number of halogens is 2. The molecule has 0 aliphatic rings. The highest BCUT2D eigenvalue weighted by atomic mass is 35.5. The first-order chi connectivity index (χ1) is 8.60. The summed E-state index contributed by atoms with van der Waals surface area (Å²) in [5.74, 6) is 0.377. The molecule has 0 fully saturated rings. The molecule has 0 unspecified atom stereocenters. The van der Waals surface area contributed by atoms with E-state index < -0.39 is 0 Å². The first-order valence-corrected chi connectivity index (χ1v) is 5.90. The monoisotopic (exact) mass is 284 g/mol. The van der Waals surface area contributed by atoms with Gasteiger partial charge in [-0.3, -0.25) is 4.79 Å². The molecular weight excluding hydrogens is 275 g/mol. The summed E-state index contributed by atoms with van der Waals surface area (Å²) in [4.78, 5) is 18.4. The van der Waals surface area contributed by atoms with E-state index in [0.717, 1.165) is 0 Å². The summed E-state index contributed by atoms with van der Waals surface area (Å²) >= 11 is 12.0. The van der Waals surface area contributed by atoms with E-state index in [0.29, 0.717) is 27.1 Å². The summed E-state index contributed by atoms with van der Waals surface area (Å²) < 4.78 is 4.95. The van der Waals surface area contributed by atoms with Gasteiger partial charge in [0.05, 0.1) is 17.3 Å². The Morgan fingerprint density at radius 3 is 2.83 bits per heavy atom. The minimum absolute atomic E-state index is 0.259. The van der Waals surface area contributed by atoms with Crippen LogP contribution < -0.4 is 5.56 Å². The van der Waals surface area contributed by atoms with E-state index in [1.165, 1.54) is 13.2 Å². The van der Waals surface area contributed by atoms with Crippen molar-refractivity contribution in [3.8, 4) is 11.4 Å². The van der Waals surface area contributed by atoms with E-state index in [1.807, 2.05) is 0 Å². The number of nitrogens with one attached hydrogen (secondary N) is 1.